The van der Waals surface area contributed by atoms with Crippen LogP contribution in [0.2, 0.25) is 5.02 Å². The third-order valence-electron chi connectivity index (χ3n) is 4.48. The van der Waals surface area contributed by atoms with Gasteiger partial charge < -0.3 is 14.8 Å². The summed E-state index contributed by atoms with van der Waals surface area (Å²) in [7, 11) is -2.27. The number of halogens is 1. The van der Waals surface area contributed by atoms with Crippen molar-refractivity contribution in [3.63, 3.8) is 0 Å². The minimum Gasteiger partial charge on any atom is -0.495 e. The molecule has 0 aliphatic rings. The molecule has 0 radical (unpaired) electrons. The number of amides is 1. The van der Waals surface area contributed by atoms with Gasteiger partial charge in [0.25, 0.3) is 0 Å². The molecule has 2 aromatic carbocycles. The topological polar surface area (TPSA) is 84.9 Å². The lowest BCUT2D eigenvalue weighted by atomic mass is 10.2. The molecule has 30 heavy (non-hydrogen) atoms. The summed E-state index contributed by atoms with van der Waals surface area (Å²) in [5, 5.41) is 2.96. The molecule has 0 unspecified atom stereocenters. The van der Waals surface area contributed by atoms with Gasteiger partial charge in [-0.05, 0) is 49.2 Å². The van der Waals surface area contributed by atoms with E-state index in [0.29, 0.717) is 11.5 Å². The lowest BCUT2D eigenvalue weighted by Gasteiger charge is -2.28. The van der Waals surface area contributed by atoms with Gasteiger partial charge in [0.1, 0.15) is 24.1 Å². The second kappa shape index (κ2) is 10.5. The molecular formula is C21H27ClN2O5S. The highest BCUT2D eigenvalue weighted by atomic mass is 35.5. The van der Waals surface area contributed by atoms with Crippen LogP contribution in [0.15, 0.2) is 42.5 Å². The van der Waals surface area contributed by atoms with E-state index >= 15 is 0 Å². The molecule has 9 heteroatoms. The third kappa shape index (κ3) is 6.27. The van der Waals surface area contributed by atoms with E-state index in [9.17, 15) is 13.2 Å². The number of aryl methyl sites for hydroxylation is 1. The van der Waals surface area contributed by atoms with E-state index in [1.807, 2.05) is 24.3 Å². The molecule has 1 atom stereocenters. The highest BCUT2D eigenvalue weighted by Crippen LogP contribution is 2.31. The number of nitrogens with one attached hydrogen (secondary N) is 1. The van der Waals surface area contributed by atoms with Gasteiger partial charge in [0.05, 0.1) is 30.6 Å². The van der Waals surface area contributed by atoms with Crippen molar-refractivity contribution in [1.29, 1.82) is 0 Å². The van der Waals surface area contributed by atoms with E-state index in [2.05, 4.69) is 12.2 Å². The summed E-state index contributed by atoms with van der Waals surface area (Å²) in [6.45, 7) is 4.09. The number of hydrogen-bond acceptors (Lipinski definition) is 5. The molecule has 2 rings (SSSR count). The Morgan fingerprint density at radius 2 is 1.87 bits per heavy atom. The molecule has 0 spiro atoms. The average Bonchev–Trinajstić information content (AvgIpc) is 2.70. The summed E-state index contributed by atoms with van der Waals surface area (Å²) in [5.41, 5.74) is 1.49. The van der Waals surface area contributed by atoms with Gasteiger partial charge in [-0.2, -0.15) is 0 Å². The van der Waals surface area contributed by atoms with Crippen LogP contribution in [0.25, 0.3) is 0 Å². The molecule has 0 aromatic heterocycles. The lowest BCUT2D eigenvalue weighted by molar-refractivity contribution is -0.121. The van der Waals surface area contributed by atoms with Crippen molar-refractivity contribution in [3.05, 3.63) is 53.1 Å². The Morgan fingerprint density at radius 3 is 2.40 bits per heavy atom. The Morgan fingerprint density at radius 1 is 1.20 bits per heavy atom. The first-order chi connectivity index (χ1) is 14.2. The smallest absolute Gasteiger partial charge is 0.243 e. The lowest BCUT2D eigenvalue weighted by Crippen LogP contribution is -2.48. The van der Waals surface area contributed by atoms with E-state index in [4.69, 9.17) is 21.1 Å². The number of benzene rings is 2. The average molecular weight is 455 g/mol. The van der Waals surface area contributed by atoms with Gasteiger partial charge in [-0.3, -0.25) is 9.10 Å². The molecule has 0 saturated heterocycles. The molecular weight excluding hydrogens is 428 g/mol. The van der Waals surface area contributed by atoms with E-state index < -0.39 is 22.0 Å². The van der Waals surface area contributed by atoms with Crippen molar-refractivity contribution >= 4 is 33.2 Å². The summed E-state index contributed by atoms with van der Waals surface area (Å²) < 4.78 is 36.4. The molecule has 1 amide bonds. The van der Waals surface area contributed by atoms with Crippen molar-refractivity contribution in [2.24, 2.45) is 0 Å². The van der Waals surface area contributed by atoms with Gasteiger partial charge in [0, 0.05) is 0 Å². The first-order valence-electron chi connectivity index (χ1n) is 9.49. The van der Waals surface area contributed by atoms with Gasteiger partial charge in [0.2, 0.25) is 15.9 Å². The number of rotatable bonds is 10. The number of nitrogens with zero attached hydrogens (tertiary/aromatic N) is 1. The predicted molar refractivity (Wildman–Crippen MR) is 119 cm³/mol. The number of carbonyl (C=O) groups excluding carboxylic acids is 1. The van der Waals surface area contributed by atoms with Gasteiger partial charge in [-0.25, -0.2) is 8.42 Å². The van der Waals surface area contributed by atoms with Crippen LogP contribution in [0.1, 0.15) is 19.4 Å². The molecule has 0 heterocycles. The Bertz CT molecular complexity index is 964. The van der Waals surface area contributed by atoms with E-state index in [1.165, 1.54) is 25.7 Å². The zero-order chi connectivity index (χ0) is 22.3. The molecule has 0 bridgehead atoms. The van der Waals surface area contributed by atoms with Crippen LogP contribution < -0.4 is 19.1 Å². The van der Waals surface area contributed by atoms with Gasteiger partial charge in [-0.1, -0.05) is 30.7 Å². The number of anilines is 1. The molecule has 0 saturated carbocycles. The summed E-state index contributed by atoms with van der Waals surface area (Å²) in [6.07, 6.45) is 1.99. The maximum absolute atomic E-state index is 12.6. The molecule has 164 valence electrons. The van der Waals surface area contributed by atoms with Crippen LogP contribution in [0.4, 0.5) is 5.69 Å². The number of sulfonamides is 1. The zero-order valence-corrected chi connectivity index (χ0v) is 19.1. The number of carbonyl (C=O) groups is 1. The van der Waals surface area contributed by atoms with Crippen molar-refractivity contribution in [2.75, 3.05) is 30.8 Å². The van der Waals surface area contributed by atoms with Crippen molar-refractivity contribution < 1.29 is 22.7 Å². The fourth-order valence-electron chi connectivity index (χ4n) is 2.91. The highest BCUT2D eigenvalue weighted by Gasteiger charge is 2.29. The SMILES string of the molecule is CCc1ccc(OCCNC(=O)[C@H](C)N(c2ccc(OC)c(Cl)c2)S(C)(=O)=O)cc1. The van der Waals surface area contributed by atoms with Crippen LogP contribution in [-0.2, 0) is 21.2 Å². The molecule has 7 nitrogen and oxygen atoms in total. The minimum absolute atomic E-state index is 0.236. The largest absolute Gasteiger partial charge is 0.495 e. The summed E-state index contributed by atoms with van der Waals surface area (Å²) >= 11 is 6.12. The maximum atomic E-state index is 12.6. The minimum atomic E-state index is -3.74. The fourth-order valence-corrected chi connectivity index (χ4v) is 4.33. The number of hydrogen-bond donors (Lipinski definition) is 1. The van der Waals surface area contributed by atoms with Gasteiger partial charge in [0.15, 0.2) is 0 Å². The van der Waals surface area contributed by atoms with Crippen LogP contribution in [0.5, 0.6) is 11.5 Å². The highest BCUT2D eigenvalue weighted by molar-refractivity contribution is 7.92. The van der Waals surface area contributed by atoms with Crippen molar-refractivity contribution in [2.45, 2.75) is 26.3 Å². The molecule has 0 aliphatic carbocycles. The third-order valence-corrected chi connectivity index (χ3v) is 6.02. The monoisotopic (exact) mass is 454 g/mol. The molecule has 0 aliphatic heterocycles. The van der Waals surface area contributed by atoms with Gasteiger partial charge in [-0.15, -0.1) is 0 Å². The summed E-state index contributed by atoms with van der Waals surface area (Å²) in [6, 6.07) is 11.3. The zero-order valence-electron chi connectivity index (χ0n) is 17.5. The Kier molecular flexibility index (Phi) is 8.37. The Hall–Kier alpha value is -2.45. The van der Waals surface area contributed by atoms with Gasteiger partial charge >= 0.3 is 0 Å². The number of ether oxygens (including phenoxy) is 2. The van der Waals surface area contributed by atoms with Crippen LogP contribution in [0.3, 0.4) is 0 Å². The fraction of sp³-hybridized carbons (Fsp3) is 0.381. The quantitative estimate of drug-likeness (QED) is 0.557. The van der Waals surface area contributed by atoms with Crippen LogP contribution in [-0.4, -0.2) is 46.9 Å². The molecule has 0 fully saturated rings. The van der Waals surface area contributed by atoms with Crippen LogP contribution in [0, 0.1) is 0 Å². The Balaban J connectivity index is 2.00. The van der Waals surface area contributed by atoms with Crippen molar-refractivity contribution in [3.8, 4) is 11.5 Å². The van der Waals surface area contributed by atoms with Crippen LogP contribution >= 0.6 is 11.6 Å². The van der Waals surface area contributed by atoms with Crippen molar-refractivity contribution in [1.82, 2.24) is 5.32 Å². The normalized spacial score (nSPS) is 12.2. The summed E-state index contributed by atoms with van der Waals surface area (Å²) in [4.78, 5) is 12.6. The maximum Gasteiger partial charge on any atom is 0.243 e. The standard InChI is InChI=1S/C21H27ClN2O5S/c1-5-16-6-9-18(10-7-16)29-13-12-23-21(25)15(2)24(30(4,26)27)17-8-11-20(28-3)19(22)14-17/h6-11,14-15H,5,12-13H2,1-4H3,(H,23,25)/t15-/m0/s1. The van der Waals surface area contributed by atoms with E-state index in [-0.39, 0.29) is 23.9 Å². The number of methoxy groups -OCH3 is 1. The predicted octanol–water partition coefficient (Wildman–Crippen LogP) is 3.26. The molecule has 1 N–H and O–H groups in total. The van der Waals surface area contributed by atoms with E-state index in [0.717, 1.165) is 17.0 Å². The first kappa shape index (κ1) is 23.8. The second-order valence-corrected chi connectivity index (χ2v) is 8.96. The first-order valence-corrected chi connectivity index (χ1v) is 11.7. The summed E-state index contributed by atoms with van der Waals surface area (Å²) in [5.74, 6) is 0.674. The molecule has 2 aromatic rings. The second-order valence-electron chi connectivity index (χ2n) is 6.69. The Labute approximate surface area is 183 Å². The van der Waals surface area contributed by atoms with E-state index in [1.54, 1.807) is 12.1 Å².